The summed E-state index contributed by atoms with van der Waals surface area (Å²) >= 11 is 0. The molecule has 1 amide bonds. The van der Waals surface area contributed by atoms with Gasteiger partial charge in [-0.1, -0.05) is 36.4 Å². The second kappa shape index (κ2) is 8.22. The highest BCUT2D eigenvalue weighted by Crippen LogP contribution is 2.20. The van der Waals surface area contributed by atoms with Crippen LogP contribution in [-0.4, -0.2) is 24.6 Å². The van der Waals surface area contributed by atoms with Gasteiger partial charge in [0.2, 0.25) is 5.91 Å². The highest BCUT2D eigenvalue weighted by molar-refractivity contribution is 5.83. The van der Waals surface area contributed by atoms with E-state index in [4.69, 9.17) is 0 Å². The fourth-order valence-electron chi connectivity index (χ4n) is 3.85. The van der Waals surface area contributed by atoms with Gasteiger partial charge in [0.25, 0.3) is 5.56 Å². The molecular formula is C23H25N5O3. The summed E-state index contributed by atoms with van der Waals surface area (Å²) in [6.07, 6.45) is 2.42. The van der Waals surface area contributed by atoms with E-state index in [1.165, 1.54) is 17.0 Å². The van der Waals surface area contributed by atoms with Crippen molar-refractivity contribution in [2.75, 3.05) is 0 Å². The Morgan fingerprint density at radius 2 is 1.81 bits per heavy atom. The molecule has 4 aromatic rings. The molecule has 2 aromatic carbocycles. The van der Waals surface area contributed by atoms with Gasteiger partial charge in [0.1, 0.15) is 0 Å². The Bertz CT molecular complexity index is 1400. The van der Waals surface area contributed by atoms with Gasteiger partial charge in [-0.3, -0.25) is 18.7 Å². The lowest BCUT2D eigenvalue weighted by atomic mass is 10.0. The lowest BCUT2D eigenvalue weighted by Crippen LogP contribution is -2.37. The van der Waals surface area contributed by atoms with Gasteiger partial charge < -0.3 is 9.88 Å². The fraction of sp³-hybridized carbons (Fsp3) is 0.304. The van der Waals surface area contributed by atoms with Crippen LogP contribution in [0, 0.1) is 0 Å². The second-order valence-electron chi connectivity index (χ2n) is 7.82. The third-order valence-corrected chi connectivity index (χ3v) is 5.67. The smallest absolute Gasteiger partial charge is 0.332 e. The second-order valence-corrected chi connectivity index (χ2v) is 7.82. The maximum absolute atomic E-state index is 12.5. The summed E-state index contributed by atoms with van der Waals surface area (Å²) in [5.74, 6) is -0.0506. The standard InChI is InChI=1S/C23H25N5O3/c1-15(17-11-10-16-7-4-5-8-18(16)13-17)25-19(29)9-6-12-28-14-24-21-20(28)22(30)27(3)23(31)26(21)2/h4-5,7-8,10-11,13-15H,6,9,12H2,1-3H3,(H,25,29). The van der Waals surface area contributed by atoms with Crippen LogP contribution >= 0.6 is 0 Å². The van der Waals surface area contributed by atoms with Crippen LogP contribution in [0.3, 0.4) is 0 Å². The Labute approximate surface area is 178 Å². The minimum Gasteiger partial charge on any atom is -0.350 e. The van der Waals surface area contributed by atoms with Crippen LogP contribution in [0.4, 0.5) is 0 Å². The first-order valence-corrected chi connectivity index (χ1v) is 10.3. The van der Waals surface area contributed by atoms with Gasteiger partial charge in [0.05, 0.1) is 12.4 Å². The molecule has 0 saturated carbocycles. The molecule has 8 nitrogen and oxygen atoms in total. The summed E-state index contributed by atoms with van der Waals surface area (Å²) in [6.45, 7) is 2.43. The number of nitrogens with zero attached hydrogens (tertiary/aromatic N) is 4. The van der Waals surface area contributed by atoms with Crippen molar-refractivity contribution in [1.29, 1.82) is 0 Å². The zero-order chi connectivity index (χ0) is 22.1. The van der Waals surface area contributed by atoms with Crippen molar-refractivity contribution in [2.24, 2.45) is 14.1 Å². The minimum absolute atomic E-state index is 0.0506. The number of benzene rings is 2. The highest BCUT2D eigenvalue weighted by Gasteiger charge is 2.15. The van der Waals surface area contributed by atoms with Crippen LogP contribution in [-0.2, 0) is 25.4 Å². The van der Waals surface area contributed by atoms with E-state index in [2.05, 4.69) is 34.6 Å². The predicted octanol–water partition coefficient (Wildman–Crippen LogP) is 2.24. The molecule has 1 unspecified atom stereocenters. The number of fused-ring (bicyclic) bond motifs is 2. The van der Waals surface area contributed by atoms with Gasteiger partial charge in [-0.05, 0) is 35.7 Å². The van der Waals surface area contributed by atoms with E-state index in [0.717, 1.165) is 15.5 Å². The summed E-state index contributed by atoms with van der Waals surface area (Å²) in [5, 5.41) is 5.35. The molecule has 0 aliphatic carbocycles. The van der Waals surface area contributed by atoms with Gasteiger partial charge in [-0.25, -0.2) is 9.78 Å². The molecule has 4 rings (SSSR count). The van der Waals surface area contributed by atoms with E-state index in [-0.39, 0.29) is 17.5 Å². The largest absolute Gasteiger partial charge is 0.350 e. The molecule has 0 bridgehead atoms. The van der Waals surface area contributed by atoms with Gasteiger partial charge in [-0.15, -0.1) is 0 Å². The van der Waals surface area contributed by atoms with E-state index in [0.29, 0.717) is 30.6 Å². The molecule has 0 aliphatic heterocycles. The van der Waals surface area contributed by atoms with E-state index in [9.17, 15) is 14.4 Å². The van der Waals surface area contributed by atoms with Gasteiger partial charge in [0.15, 0.2) is 11.2 Å². The normalized spacial score (nSPS) is 12.4. The molecule has 0 radical (unpaired) electrons. The number of rotatable bonds is 6. The quantitative estimate of drug-likeness (QED) is 0.519. The van der Waals surface area contributed by atoms with Crippen molar-refractivity contribution in [2.45, 2.75) is 32.4 Å². The summed E-state index contributed by atoms with van der Waals surface area (Å²) < 4.78 is 4.13. The van der Waals surface area contributed by atoms with Crippen LogP contribution < -0.4 is 16.6 Å². The minimum atomic E-state index is -0.412. The van der Waals surface area contributed by atoms with E-state index < -0.39 is 5.69 Å². The number of aromatic nitrogens is 4. The third kappa shape index (κ3) is 3.88. The average Bonchev–Trinajstić information content (AvgIpc) is 3.20. The lowest BCUT2D eigenvalue weighted by Gasteiger charge is -2.15. The number of amides is 1. The van der Waals surface area contributed by atoms with Gasteiger partial charge >= 0.3 is 5.69 Å². The predicted molar refractivity (Wildman–Crippen MR) is 120 cm³/mol. The van der Waals surface area contributed by atoms with E-state index in [1.807, 2.05) is 25.1 Å². The number of hydrogen-bond donors (Lipinski definition) is 1. The maximum Gasteiger partial charge on any atom is 0.332 e. The number of imidazole rings is 1. The number of carbonyl (C=O) groups excluding carboxylic acids is 1. The van der Waals surface area contributed by atoms with E-state index in [1.54, 1.807) is 17.9 Å². The van der Waals surface area contributed by atoms with Crippen molar-refractivity contribution in [3.05, 3.63) is 75.2 Å². The topological polar surface area (TPSA) is 90.9 Å². The van der Waals surface area contributed by atoms with Crippen LogP contribution in [0.2, 0.25) is 0 Å². The molecule has 1 atom stereocenters. The summed E-state index contributed by atoms with van der Waals surface area (Å²) in [4.78, 5) is 41.2. The molecule has 0 aliphatic rings. The van der Waals surface area contributed by atoms with Crippen LogP contribution in [0.25, 0.3) is 21.9 Å². The maximum atomic E-state index is 12.5. The van der Waals surface area contributed by atoms with E-state index >= 15 is 0 Å². The Kier molecular flexibility index (Phi) is 5.46. The first-order chi connectivity index (χ1) is 14.9. The zero-order valence-corrected chi connectivity index (χ0v) is 17.8. The lowest BCUT2D eigenvalue weighted by molar-refractivity contribution is -0.121. The highest BCUT2D eigenvalue weighted by atomic mass is 16.2. The number of nitrogens with one attached hydrogen (secondary N) is 1. The zero-order valence-electron chi connectivity index (χ0n) is 17.8. The van der Waals surface area contributed by atoms with Crippen molar-refractivity contribution in [3.8, 4) is 0 Å². The molecule has 0 saturated heterocycles. The first kappa shape index (κ1) is 20.6. The van der Waals surface area contributed by atoms with Gasteiger partial charge in [0, 0.05) is 27.1 Å². The molecule has 31 heavy (non-hydrogen) atoms. The molecule has 2 aromatic heterocycles. The molecule has 1 N–H and O–H groups in total. The summed E-state index contributed by atoms with van der Waals surface area (Å²) in [5.41, 5.74) is 0.976. The average molecular weight is 419 g/mol. The van der Waals surface area contributed by atoms with Crippen molar-refractivity contribution in [3.63, 3.8) is 0 Å². The Hall–Kier alpha value is -3.68. The molecular weight excluding hydrogens is 394 g/mol. The fourth-order valence-corrected chi connectivity index (χ4v) is 3.85. The Balaban J connectivity index is 1.40. The van der Waals surface area contributed by atoms with Crippen molar-refractivity contribution < 1.29 is 4.79 Å². The monoisotopic (exact) mass is 419 g/mol. The number of aryl methyl sites for hydroxylation is 2. The third-order valence-electron chi connectivity index (χ3n) is 5.67. The van der Waals surface area contributed by atoms with Crippen LogP contribution in [0.5, 0.6) is 0 Å². The van der Waals surface area contributed by atoms with Crippen molar-refractivity contribution in [1.82, 2.24) is 24.0 Å². The SMILES string of the molecule is CC(NC(=O)CCCn1cnc2c1c(=O)n(C)c(=O)n2C)c1ccc2ccccc2c1. The molecule has 0 fully saturated rings. The molecule has 0 spiro atoms. The van der Waals surface area contributed by atoms with Crippen LogP contribution in [0.1, 0.15) is 31.4 Å². The number of carbonyl (C=O) groups is 1. The Morgan fingerprint density at radius 3 is 2.58 bits per heavy atom. The Morgan fingerprint density at radius 1 is 1.06 bits per heavy atom. The molecule has 8 heteroatoms. The number of hydrogen-bond acceptors (Lipinski definition) is 4. The molecule has 160 valence electrons. The summed E-state index contributed by atoms with van der Waals surface area (Å²) in [7, 11) is 3.03. The first-order valence-electron chi connectivity index (χ1n) is 10.3. The van der Waals surface area contributed by atoms with Crippen LogP contribution in [0.15, 0.2) is 58.4 Å². The summed E-state index contributed by atoms with van der Waals surface area (Å²) in [6, 6.07) is 14.2. The van der Waals surface area contributed by atoms with Gasteiger partial charge in [-0.2, -0.15) is 0 Å². The van der Waals surface area contributed by atoms with Crippen molar-refractivity contribution >= 4 is 27.8 Å². The molecule has 2 heterocycles.